The molecule has 9 rings (SSSR count). The average molecular weight is 982 g/mol. The Balaban J connectivity index is 0.000000208. The van der Waals surface area contributed by atoms with E-state index in [9.17, 15) is 0 Å². The van der Waals surface area contributed by atoms with Crippen LogP contribution in [-0.2, 0) is 31.9 Å². The molecule has 0 spiro atoms. The first-order valence-corrected chi connectivity index (χ1v) is 23.9. The van der Waals surface area contributed by atoms with E-state index >= 15 is 0 Å². The number of fused-ring (bicyclic) bond motifs is 4. The van der Waals surface area contributed by atoms with E-state index in [0.29, 0.717) is 0 Å². The third-order valence-electron chi connectivity index (χ3n) is 10.5. The van der Waals surface area contributed by atoms with Crippen LogP contribution in [0, 0.1) is 17.5 Å². The topological polar surface area (TPSA) is 43.9 Å². The van der Waals surface area contributed by atoms with E-state index in [1.165, 1.54) is 16.7 Å². The van der Waals surface area contributed by atoms with E-state index in [-0.39, 0.29) is 25.5 Å². The van der Waals surface area contributed by atoms with E-state index < -0.39 is 19.9 Å². The van der Waals surface area contributed by atoms with Crippen LogP contribution in [0.2, 0.25) is 19.6 Å². The summed E-state index contributed by atoms with van der Waals surface area (Å²) in [6.45, 7) is 19.4. The molecule has 4 nitrogen and oxygen atoms in total. The quantitative estimate of drug-likeness (QED) is 0.123. The third kappa shape index (κ3) is 8.74. The molecule has 305 valence electrons. The van der Waals surface area contributed by atoms with Crippen LogP contribution in [0.15, 0.2) is 150 Å². The molecule has 60 heavy (non-hydrogen) atoms. The second kappa shape index (κ2) is 16.9. The fourth-order valence-corrected chi connectivity index (χ4v) is 9.17. The monoisotopic (exact) mass is 982 g/mol. The van der Waals surface area contributed by atoms with E-state index in [4.69, 9.17) is 12.1 Å². The van der Waals surface area contributed by atoms with Crippen molar-refractivity contribution in [3.8, 4) is 39.5 Å². The number of nitrogens with zero attached hydrogens (tertiary/aromatic N) is 3. The van der Waals surface area contributed by atoms with Gasteiger partial charge in [0.1, 0.15) is 5.58 Å². The number of benzene rings is 6. The summed E-state index contributed by atoms with van der Waals surface area (Å²) < 4.78 is 26.3. The summed E-state index contributed by atoms with van der Waals surface area (Å²) in [5.74, 6) is 0.824. The molecule has 0 aliphatic rings. The molecule has 0 fully saturated rings. The maximum absolute atomic E-state index is 8.75. The number of para-hydroxylation sites is 4. The van der Waals surface area contributed by atoms with Gasteiger partial charge >= 0.3 is 0 Å². The summed E-state index contributed by atoms with van der Waals surface area (Å²) in [6, 6.07) is 54.2. The van der Waals surface area contributed by atoms with Gasteiger partial charge in [-0.2, -0.15) is 0 Å². The maximum Gasteiger partial charge on any atom is 0.120 e. The van der Waals surface area contributed by atoms with Gasteiger partial charge in [-0.15, -0.1) is 54.1 Å². The molecular weight excluding hydrogens is 927 g/mol. The Hall–Kier alpha value is -5.39. The molecule has 3 aromatic heterocycles. The average Bonchev–Trinajstić information content (AvgIpc) is 3.82. The van der Waals surface area contributed by atoms with Gasteiger partial charge < -0.3 is 14.0 Å². The predicted molar refractivity (Wildman–Crippen MR) is 251 cm³/mol. The van der Waals surface area contributed by atoms with Crippen molar-refractivity contribution < 1.29 is 27.3 Å². The summed E-state index contributed by atoms with van der Waals surface area (Å²) in [7, 11) is -1.70. The maximum atomic E-state index is 8.75. The zero-order valence-corrected chi connectivity index (χ0v) is 39.3. The molecule has 0 N–H and O–H groups in total. The molecule has 9 aromatic rings. The summed E-state index contributed by atoms with van der Waals surface area (Å²) >= 11 is 0. The first-order valence-electron chi connectivity index (χ1n) is 21.4. The smallest absolute Gasteiger partial charge is 0.120 e. The molecule has 0 amide bonds. The molecule has 1 radical (unpaired) electrons. The van der Waals surface area contributed by atoms with Crippen molar-refractivity contribution in [1.29, 1.82) is 0 Å². The molecule has 0 saturated heterocycles. The number of furan rings is 1. The summed E-state index contributed by atoms with van der Waals surface area (Å²) in [5.41, 5.74) is 11.1. The van der Waals surface area contributed by atoms with Gasteiger partial charge in [-0.3, -0.25) is 4.98 Å². The van der Waals surface area contributed by atoms with E-state index in [1.807, 2.05) is 81.6 Å². The Morgan fingerprint density at radius 2 is 1.45 bits per heavy atom. The van der Waals surface area contributed by atoms with Crippen molar-refractivity contribution in [2.45, 2.75) is 73.0 Å². The first kappa shape index (κ1) is 40.0. The number of hydrogen-bond donors (Lipinski definition) is 0. The summed E-state index contributed by atoms with van der Waals surface area (Å²) in [4.78, 5) is 9.82. The number of hydrogen-bond acceptors (Lipinski definition) is 3. The minimum atomic E-state index is -1.70. The van der Waals surface area contributed by atoms with Gasteiger partial charge in [0.25, 0.3) is 0 Å². The zero-order chi connectivity index (χ0) is 43.3. The Labute approximate surface area is 372 Å². The van der Waals surface area contributed by atoms with Crippen molar-refractivity contribution in [2.75, 3.05) is 0 Å². The van der Waals surface area contributed by atoms with Gasteiger partial charge in [-0.25, -0.2) is 0 Å². The van der Waals surface area contributed by atoms with E-state index in [2.05, 4.69) is 147 Å². The Morgan fingerprint density at radius 1 is 0.733 bits per heavy atom. The third-order valence-corrected chi connectivity index (χ3v) is 12.5. The van der Waals surface area contributed by atoms with E-state index in [0.717, 1.165) is 72.1 Å². The van der Waals surface area contributed by atoms with Crippen molar-refractivity contribution in [1.82, 2.24) is 14.5 Å². The van der Waals surface area contributed by atoms with Gasteiger partial charge in [-0.1, -0.05) is 163 Å². The Bertz CT molecular complexity index is 3010. The largest absolute Gasteiger partial charge is 0.501 e. The molecule has 0 unspecified atom stereocenters. The minimum Gasteiger partial charge on any atom is -0.501 e. The molecule has 3 heterocycles. The summed E-state index contributed by atoms with van der Waals surface area (Å²) in [5, 5.41) is 3.26. The Morgan fingerprint density at radius 3 is 2.17 bits per heavy atom. The van der Waals surface area contributed by atoms with Crippen LogP contribution >= 0.6 is 0 Å². The normalized spacial score (nSPS) is 12.8. The molecule has 6 heteroatoms. The minimum absolute atomic E-state index is 0. The Kier molecular flexibility index (Phi) is 11.3. The van der Waals surface area contributed by atoms with Crippen LogP contribution in [0.3, 0.4) is 0 Å². The van der Waals surface area contributed by atoms with Crippen molar-refractivity contribution in [3.63, 3.8) is 0 Å². The second-order valence-corrected chi connectivity index (χ2v) is 23.3. The van der Waals surface area contributed by atoms with Crippen LogP contribution in [0.1, 0.15) is 55.4 Å². The van der Waals surface area contributed by atoms with Gasteiger partial charge in [0, 0.05) is 40.0 Å². The molecule has 6 aromatic carbocycles. The molecule has 0 saturated carbocycles. The SMILES string of the molecule is CC(C)(C)c1cccc(-c2ccccc2)c1-n1c(-c2[c-]ccc3c2oc2ccccc23)nc2ccccc21.[2H]C([2H])(c1cc(-c2[c-]cccc2)ncc1[Si](C)(C)C)C(C)(C)C.[Ir]. The van der Waals surface area contributed by atoms with Crippen molar-refractivity contribution in [2.24, 2.45) is 5.41 Å². The molecule has 0 aliphatic carbocycles. The van der Waals surface area contributed by atoms with Gasteiger partial charge in [-0.05, 0) is 57.4 Å². The van der Waals surface area contributed by atoms with Crippen LogP contribution in [0.25, 0.3) is 72.4 Å². The van der Waals surface area contributed by atoms with Crippen LogP contribution in [0.5, 0.6) is 0 Å². The van der Waals surface area contributed by atoms with Gasteiger partial charge in [0.15, 0.2) is 0 Å². The first-order chi connectivity index (χ1) is 28.9. The number of imidazole rings is 1. The fourth-order valence-electron chi connectivity index (χ4n) is 7.78. The van der Waals surface area contributed by atoms with Crippen LogP contribution < -0.4 is 5.19 Å². The van der Waals surface area contributed by atoms with Gasteiger partial charge in [0.2, 0.25) is 0 Å². The summed E-state index contributed by atoms with van der Waals surface area (Å²) in [6.07, 6.45) is 0.469. The molecular formula is C54H53IrN3OSi-2. The number of aromatic nitrogens is 3. The zero-order valence-electron chi connectivity index (χ0n) is 37.9. The predicted octanol–water partition coefficient (Wildman–Crippen LogP) is 14.0. The van der Waals surface area contributed by atoms with Crippen molar-refractivity contribution >= 4 is 46.2 Å². The molecule has 0 aliphatic heterocycles. The second-order valence-electron chi connectivity index (χ2n) is 18.3. The van der Waals surface area contributed by atoms with Crippen molar-refractivity contribution in [3.05, 3.63) is 169 Å². The standard InChI is InChI=1S/C35H27N2O.C19H26NSi.Ir/c1-35(2,3)28-19-12-16-24(23-13-5-4-6-14-23)32(28)37-30-21-9-8-20-29(30)36-34(37)27-18-11-17-26-25-15-7-10-22-31(25)38-33(26)27;1-19(2,3)13-16-12-17(15-10-8-7-9-11-15)20-14-18(16)21(4,5)6;/h4-17,19-22H,1-3H3;7-10,12,14H,13H2,1-6H3;/q2*-1;/i;13D2;. The number of pyridine rings is 1. The fraction of sp³-hybridized carbons (Fsp3) is 0.222. The van der Waals surface area contributed by atoms with Crippen LogP contribution in [-0.4, -0.2) is 22.6 Å². The molecule has 0 bridgehead atoms. The van der Waals surface area contributed by atoms with Gasteiger partial charge in [0.05, 0.1) is 36.2 Å². The number of rotatable bonds is 6. The van der Waals surface area contributed by atoms with E-state index in [1.54, 1.807) is 0 Å². The molecule has 0 atom stereocenters. The van der Waals surface area contributed by atoms with Crippen LogP contribution in [0.4, 0.5) is 0 Å².